The molecule has 0 spiro atoms. The van der Waals surface area contributed by atoms with Crippen molar-refractivity contribution in [1.29, 1.82) is 0 Å². The maximum absolute atomic E-state index is 13.0. The number of hydrogen-bond donors (Lipinski definition) is 1. The van der Waals surface area contributed by atoms with Gasteiger partial charge in [0.2, 0.25) is 0 Å². The Kier molecular flexibility index (Phi) is 4.54. The first kappa shape index (κ1) is 15.1. The van der Waals surface area contributed by atoms with E-state index in [-0.39, 0.29) is 11.3 Å². The first-order valence-corrected chi connectivity index (χ1v) is 6.73. The van der Waals surface area contributed by atoms with E-state index in [1.165, 1.54) is 12.1 Å². The summed E-state index contributed by atoms with van der Waals surface area (Å²) in [5, 5.41) is 8.94. The van der Waals surface area contributed by atoms with Gasteiger partial charge in [-0.25, -0.2) is 0 Å². The number of aliphatic hydroxyl groups is 1. The van der Waals surface area contributed by atoms with Crippen molar-refractivity contribution in [3.63, 3.8) is 0 Å². The minimum Gasteiger partial charge on any atom is -0.456 e. The van der Waals surface area contributed by atoms with E-state index in [0.29, 0.717) is 9.32 Å². The highest BCUT2D eigenvalue weighted by molar-refractivity contribution is 14.1. The van der Waals surface area contributed by atoms with Crippen LogP contribution >= 0.6 is 22.6 Å². The summed E-state index contributed by atoms with van der Waals surface area (Å²) in [5.41, 5.74) is -0.712. The van der Waals surface area contributed by atoms with Crippen molar-refractivity contribution in [2.45, 2.75) is 12.8 Å². The van der Waals surface area contributed by atoms with Gasteiger partial charge < -0.3 is 9.84 Å². The Morgan fingerprint density at radius 1 is 1.05 bits per heavy atom. The fourth-order valence-corrected chi connectivity index (χ4v) is 2.13. The SMILES string of the molecule is OCc1ccc(Oc2ccccc2I)c(C(F)(F)F)c1. The minimum atomic E-state index is -4.54. The maximum atomic E-state index is 13.0. The van der Waals surface area contributed by atoms with Crippen LogP contribution in [0.25, 0.3) is 0 Å². The Bertz CT molecular complexity index is 612. The third kappa shape index (κ3) is 3.43. The lowest BCUT2D eigenvalue weighted by Gasteiger charge is -2.15. The van der Waals surface area contributed by atoms with Crippen LogP contribution in [0.4, 0.5) is 13.2 Å². The molecule has 106 valence electrons. The van der Waals surface area contributed by atoms with Crippen LogP contribution < -0.4 is 4.74 Å². The molecule has 0 bridgehead atoms. The maximum Gasteiger partial charge on any atom is 0.419 e. The molecule has 2 aromatic carbocycles. The Balaban J connectivity index is 2.44. The second-order valence-corrected chi connectivity index (χ2v) is 5.18. The molecule has 0 aromatic heterocycles. The van der Waals surface area contributed by atoms with Gasteiger partial charge in [0.25, 0.3) is 0 Å². The van der Waals surface area contributed by atoms with Crippen molar-refractivity contribution in [2.24, 2.45) is 0 Å². The highest BCUT2D eigenvalue weighted by atomic mass is 127. The van der Waals surface area contributed by atoms with Crippen molar-refractivity contribution in [3.05, 3.63) is 57.2 Å². The van der Waals surface area contributed by atoms with Crippen LogP contribution in [0.5, 0.6) is 11.5 Å². The molecular weight excluding hydrogens is 384 g/mol. The summed E-state index contributed by atoms with van der Waals surface area (Å²) in [5.74, 6) is 0.0779. The van der Waals surface area contributed by atoms with E-state index in [4.69, 9.17) is 9.84 Å². The zero-order valence-electron chi connectivity index (χ0n) is 10.1. The van der Waals surface area contributed by atoms with Gasteiger partial charge in [0.1, 0.15) is 11.5 Å². The normalized spacial score (nSPS) is 11.4. The van der Waals surface area contributed by atoms with E-state index >= 15 is 0 Å². The van der Waals surface area contributed by atoms with Crippen LogP contribution in [-0.4, -0.2) is 5.11 Å². The lowest BCUT2D eigenvalue weighted by atomic mass is 10.1. The highest BCUT2D eigenvalue weighted by Gasteiger charge is 2.35. The molecule has 6 heteroatoms. The van der Waals surface area contributed by atoms with Crippen LogP contribution in [0.15, 0.2) is 42.5 Å². The Morgan fingerprint density at radius 2 is 1.75 bits per heavy atom. The van der Waals surface area contributed by atoms with Crippen molar-refractivity contribution < 1.29 is 23.0 Å². The molecule has 2 aromatic rings. The van der Waals surface area contributed by atoms with E-state index in [9.17, 15) is 13.2 Å². The highest BCUT2D eigenvalue weighted by Crippen LogP contribution is 2.39. The Labute approximate surface area is 127 Å². The van der Waals surface area contributed by atoms with Gasteiger partial charge in [-0.3, -0.25) is 0 Å². The largest absolute Gasteiger partial charge is 0.456 e. The molecule has 0 aliphatic rings. The molecule has 0 fully saturated rings. The first-order chi connectivity index (χ1) is 9.41. The predicted molar refractivity (Wildman–Crippen MR) is 76.6 cm³/mol. The number of ether oxygens (including phenoxy) is 1. The summed E-state index contributed by atoms with van der Waals surface area (Å²) >= 11 is 1.99. The fourth-order valence-electron chi connectivity index (χ4n) is 1.63. The average molecular weight is 394 g/mol. The average Bonchev–Trinajstić information content (AvgIpc) is 2.40. The van der Waals surface area contributed by atoms with Crippen molar-refractivity contribution in [2.75, 3.05) is 0 Å². The summed E-state index contributed by atoms with van der Waals surface area (Å²) in [6, 6.07) is 10.3. The molecule has 0 aliphatic carbocycles. The summed E-state index contributed by atoms with van der Waals surface area (Å²) in [4.78, 5) is 0. The molecule has 0 heterocycles. The van der Waals surface area contributed by atoms with Crippen LogP contribution in [0, 0.1) is 3.57 Å². The first-order valence-electron chi connectivity index (χ1n) is 5.65. The molecule has 0 aliphatic heterocycles. The van der Waals surface area contributed by atoms with E-state index < -0.39 is 18.3 Å². The van der Waals surface area contributed by atoms with Crippen molar-refractivity contribution in [3.8, 4) is 11.5 Å². The van der Waals surface area contributed by atoms with Gasteiger partial charge in [-0.2, -0.15) is 13.2 Å². The molecule has 2 nitrogen and oxygen atoms in total. The molecule has 0 saturated heterocycles. The number of rotatable bonds is 3. The lowest BCUT2D eigenvalue weighted by molar-refractivity contribution is -0.138. The van der Waals surface area contributed by atoms with E-state index in [2.05, 4.69) is 0 Å². The van der Waals surface area contributed by atoms with E-state index in [1.807, 2.05) is 22.6 Å². The number of hydrogen-bond acceptors (Lipinski definition) is 2. The molecule has 0 saturated carbocycles. The molecule has 1 N–H and O–H groups in total. The molecule has 2 rings (SSSR count). The van der Waals surface area contributed by atoms with Gasteiger partial charge in [-0.05, 0) is 52.4 Å². The standard InChI is InChI=1S/C14H10F3IO2/c15-14(16,17)10-7-9(8-19)5-6-12(10)20-13-4-2-1-3-11(13)18/h1-7,19H,8H2. The third-order valence-corrected chi connectivity index (χ3v) is 3.48. The topological polar surface area (TPSA) is 29.5 Å². The van der Waals surface area contributed by atoms with E-state index in [1.54, 1.807) is 24.3 Å². The van der Waals surface area contributed by atoms with Crippen LogP contribution in [0.2, 0.25) is 0 Å². The quantitative estimate of drug-likeness (QED) is 0.772. The van der Waals surface area contributed by atoms with Gasteiger partial charge in [0.15, 0.2) is 0 Å². The predicted octanol–water partition coefficient (Wildman–Crippen LogP) is 4.59. The summed E-state index contributed by atoms with van der Waals surface area (Å²) in [7, 11) is 0. The Hall–Kier alpha value is -1.28. The van der Waals surface area contributed by atoms with Crippen LogP contribution in [0.3, 0.4) is 0 Å². The summed E-state index contributed by atoms with van der Waals surface area (Å²) < 4.78 is 45.1. The molecule has 0 radical (unpaired) electrons. The molecule has 0 unspecified atom stereocenters. The smallest absolute Gasteiger partial charge is 0.419 e. The Morgan fingerprint density at radius 3 is 2.35 bits per heavy atom. The van der Waals surface area contributed by atoms with Crippen LogP contribution in [0.1, 0.15) is 11.1 Å². The number of aliphatic hydroxyl groups excluding tert-OH is 1. The van der Waals surface area contributed by atoms with Crippen LogP contribution in [-0.2, 0) is 12.8 Å². The molecule has 0 atom stereocenters. The monoisotopic (exact) mass is 394 g/mol. The zero-order valence-corrected chi connectivity index (χ0v) is 12.3. The lowest BCUT2D eigenvalue weighted by Crippen LogP contribution is -2.08. The number of alkyl halides is 3. The van der Waals surface area contributed by atoms with Gasteiger partial charge in [0, 0.05) is 0 Å². The number of para-hydroxylation sites is 1. The van der Waals surface area contributed by atoms with E-state index in [0.717, 1.165) is 6.07 Å². The summed E-state index contributed by atoms with van der Waals surface area (Å²) in [6.45, 7) is -0.452. The number of benzene rings is 2. The molecule has 20 heavy (non-hydrogen) atoms. The van der Waals surface area contributed by atoms with Gasteiger partial charge in [0.05, 0.1) is 15.7 Å². The van der Waals surface area contributed by atoms with Gasteiger partial charge >= 0.3 is 6.18 Å². The van der Waals surface area contributed by atoms with Gasteiger partial charge in [-0.15, -0.1) is 0 Å². The third-order valence-electron chi connectivity index (χ3n) is 2.59. The van der Waals surface area contributed by atoms with Crippen molar-refractivity contribution in [1.82, 2.24) is 0 Å². The van der Waals surface area contributed by atoms with Crippen molar-refractivity contribution >= 4 is 22.6 Å². The molecular formula is C14H10F3IO2. The minimum absolute atomic E-state index is 0.187. The zero-order chi connectivity index (χ0) is 14.8. The molecule has 0 amide bonds. The summed E-state index contributed by atoms with van der Waals surface area (Å²) in [6.07, 6.45) is -4.54. The van der Waals surface area contributed by atoms with Gasteiger partial charge in [-0.1, -0.05) is 18.2 Å². The fraction of sp³-hybridized carbons (Fsp3) is 0.143. The number of halogens is 4. The second kappa shape index (κ2) is 6.01. The second-order valence-electron chi connectivity index (χ2n) is 4.02.